The predicted molar refractivity (Wildman–Crippen MR) is 68.5 cm³/mol. The van der Waals surface area contributed by atoms with Crippen LogP contribution in [0.25, 0.3) is 0 Å². The molecule has 0 aromatic rings. The lowest BCUT2D eigenvalue weighted by molar-refractivity contribution is 0.0424. The third kappa shape index (κ3) is 3.44. The van der Waals surface area contributed by atoms with E-state index in [9.17, 15) is 0 Å². The molecule has 4 atom stereocenters. The lowest BCUT2D eigenvalue weighted by atomic mass is 9.82. The first-order chi connectivity index (χ1) is 7.60. The van der Waals surface area contributed by atoms with Crippen molar-refractivity contribution in [3.05, 3.63) is 0 Å². The molecule has 1 aliphatic rings. The SMILES string of the molecule is CCN(C(C)COC)C1CC(C)CCC1N. The van der Waals surface area contributed by atoms with Crippen molar-refractivity contribution in [3.63, 3.8) is 0 Å². The van der Waals surface area contributed by atoms with Gasteiger partial charge in [0.25, 0.3) is 0 Å². The molecule has 0 aliphatic heterocycles. The second kappa shape index (κ2) is 6.58. The summed E-state index contributed by atoms with van der Waals surface area (Å²) in [5.74, 6) is 0.814. The van der Waals surface area contributed by atoms with Gasteiger partial charge in [0.1, 0.15) is 0 Å². The summed E-state index contributed by atoms with van der Waals surface area (Å²) < 4.78 is 5.26. The van der Waals surface area contributed by atoms with Crippen LogP contribution in [0, 0.1) is 5.92 Å². The van der Waals surface area contributed by atoms with Gasteiger partial charge in [0.15, 0.2) is 0 Å². The van der Waals surface area contributed by atoms with Gasteiger partial charge in [0, 0.05) is 25.2 Å². The molecule has 0 radical (unpaired) electrons. The van der Waals surface area contributed by atoms with E-state index in [-0.39, 0.29) is 0 Å². The van der Waals surface area contributed by atoms with Crippen molar-refractivity contribution < 1.29 is 4.74 Å². The van der Waals surface area contributed by atoms with Crippen molar-refractivity contribution >= 4 is 0 Å². The molecule has 2 N–H and O–H groups in total. The standard InChI is InChI=1S/C13H28N2O/c1-5-15(11(3)9-16-4)13-8-10(2)6-7-12(13)14/h10-13H,5-9,14H2,1-4H3. The lowest BCUT2D eigenvalue weighted by Crippen LogP contribution is -2.54. The summed E-state index contributed by atoms with van der Waals surface area (Å²) in [5.41, 5.74) is 6.27. The zero-order chi connectivity index (χ0) is 12.1. The van der Waals surface area contributed by atoms with Crippen LogP contribution in [0.1, 0.15) is 40.0 Å². The Bertz CT molecular complexity index is 198. The Labute approximate surface area is 100 Å². The van der Waals surface area contributed by atoms with Gasteiger partial charge in [-0.2, -0.15) is 0 Å². The van der Waals surface area contributed by atoms with E-state index in [1.807, 2.05) is 0 Å². The Balaban J connectivity index is 2.62. The maximum Gasteiger partial charge on any atom is 0.0615 e. The van der Waals surface area contributed by atoms with Crippen LogP contribution in [-0.2, 0) is 4.74 Å². The highest BCUT2D eigenvalue weighted by molar-refractivity contribution is 4.89. The molecule has 0 amide bonds. The van der Waals surface area contributed by atoms with E-state index in [4.69, 9.17) is 10.5 Å². The van der Waals surface area contributed by atoms with Crippen LogP contribution in [0.15, 0.2) is 0 Å². The zero-order valence-corrected chi connectivity index (χ0v) is 11.3. The Kier molecular flexibility index (Phi) is 5.73. The molecular formula is C13H28N2O. The molecule has 1 fully saturated rings. The third-order valence-electron chi connectivity index (χ3n) is 3.90. The van der Waals surface area contributed by atoms with Crippen molar-refractivity contribution in [1.82, 2.24) is 4.90 Å². The summed E-state index contributed by atoms with van der Waals surface area (Å²) in [6, 6.07) is 1.35. The maximum absolute atomic E-state index is 6.27. The molecule has 0 bridgehead atoms. The van der Waals surface area contributed by atoms with Crippen LogP contribution < -0.4 is 5.73 Å². The molecule has 0 spiro atoms. The van der Waals surface area contributed by atoms with Crippen molar-refractivity contribution in [1.29, 1.82) is 0 Å². The fraction of sp³-hybridized carbons (Fsp3) is 1.00. The minimum atomic E-state index is 0.343. The van der Waals surface area contributed by atoms with Gasteiger partial charge < -0.3 is 10.5 Å². The van der Waals surface area contributed by atoms with Gasteiger partial charge >= 0.3 is 0 Å². The summed E-state index contributed by atoms with van der Waals surface area (Å²) in [7, 11) is 1.77. The Morgan fingerprint density at radius 1 is 1.44 bits per heavy atom. The average Bonchev–Trinajstić information content (AvgIpc) is 2.24. The number of methoxy groups -OCH3 is 1. The topological polar surface area (TPSA) is 38.5 Å². The molecule has 3 nitrogen and oxygen atoms in total. The molecule has 16 heavy (non-hydrogen) atoms. The Morgan fingerprint density at radius 2 is 2.12 bits per heavy atom. The second-order valence-electron chi connectivity index (χ2n) is 5.28. The van der Waals surface area contributed by atoms with Gasteiger partial charge in [-0.05, 0) is 38.6 Å². The highest BCUT2D eigenvalue weighted by atomic mass is 16.5. The van der Waals surface area contributed by atoms with Crippen LogP contribution in [0.3, 0.4) is 0 Å². The quantitative estimate of drug-likeness (QED) is 0.780. The normalized spacial score (nSPS) is 33.0. The number of hydrogen-bond donors (Lipinski definition) is 1. The summed E-state index contributed by atoms with van der Waals surface area (Å²) in [6.45, 7) is 8.66. The molecule has 0 aromatic carbocycles. The van der Waals surface area contributed by atoms with Crippen molar-refractivity contribution in [2.24, 2.45) is 11.7 Å². The van der Waals surface area contributed by atoms with E-state index >= 15 is 0 Å². The number of hydrogen-bond acceptors (Lipinski definition) is 3. The summed E-state index contributed by atoms with van der Waals surface area (Å²) in [5, 5.41) is 0. The van der Waals surface area contributed by atoms with Gasteiger partial charge in [-0.15, -0.1) is 0 Å². The second-order valence-corrected chi connectivity index (χ2v) is 5.28. The molecule has 1 rings (SSSR count). The average molecular weight is 228 g/mol. The lowest BCUT2D eigenvalue weighted by Gasteiger charge is -2.43. The van der Waals surface area contributed by atoms with E-state index in [1.54, 1.807) is 7.11 Å². The molecule has 4 unspecified atom stereocenters. The first-order valence-corrected chi connectivity index (χ1v) is 6.60. The van der Waals surface area contributed by atoms with E-state index < -0.39 is 0 Å². The maximum atomic E-state index is 6.27. The molecule has 0 saturated heterocycles. The van der Waals surface area contributed by atoms with Crippen LogP contribution in [0.2, 0.25) is 0 Å². The third-order valence-corrected chi connectivity index (χ3v) is 3.90. The highest BCUT2D eigenvalue weighted by Crippen LogP contribution is 2.27. The first-order valence-electron chi connectivity index (χ1n) is 6.60. The first kappa shape index (κ1) is 13.9. The number of nitrogens with zero attached hydrogens (tertiary/aromatic N) is 1. The highest BCUT2D eigenvalue weighted by Gasteiger charge is 2.32. The van der Waals surface area contributed by atoms with Crippen LogP contribution in [-0.4, -0.2) is 43.3 Å². The summed E-state index contributed by atoms with van der Waals surface area (Å²) in [6.07, 6.45) is 3.69. The number of rotatable bonds is 5. The number of likely N-dealkylation sites (N-methyl/N-ethyl adjacent to an activating group) is 1. The van der Waals surface area contributed by atoms with Gasteiger partial charge in [0.2, 0.25) is 0 Å². The minimum absolute atomic E-state index is 0.343. The van der Waals surface area contributed by atoms with Crippen LogP contribution in [0.5, 0.6) is 0 Å². The van der Waals surface area contributed by atoms with Crippen LogP contribution >= 0.6 is 0 Å². The molecule has 1 saturated carbocycles. The smallest absolute Gasteiger partial charge is 0.0615 e. The minimum Gasteiger partial charge on any atom is -0.383 e. The number of nitrogens with two attached hydrogens (primary N) is 1. The molecular weight excluding hydrogens is 200 g/mol. The van der Waals surface area contributed by atoms with E-state index in [0.717, 1.165) is 19.1 Å². The van der Waals surface area contributed by atoms with Crippen molar-refractivity contribution in [2.45, 2.75) is 58.2 Å². The van der Waals surface area contributed by atoms with Crippen LogP contribution in [0.4, 0.5) is 0 Å². The Morgan fingerprint density at radius 3 is 2.69 bits per heavy atom. The predicted octanol–water partition coefficient (Wildman–Crippen LogP) is 1.86. The molecule has 0 aromatic heterocycles. The van der Waals surface area contributed by atoms with Gasteiger partial charge in [0.05, 0.1) is 6.61 Å². The van der Waals surface area contributed by atoms with E-state index in [1.165, 1.54) is 19.3 Å². The number of ether oxygens (including phenoxy) is 1. The fourth-order valence-electron chi connectivity index (χ4n) is 2.97. The molecule has 3 heteroatoms. The van der Waals surface area contributed by atoms with Crippen molar-refractivity contribution in [3.8, 4) is 0 Å². The largest absolute Gasteiger partial charge is 0.383 e. The molecule has 0 heterocycles. The molecule has 96 valence electrons. The zero-order valence-electron chi connectivity index (χ0n) is 11.3. The summed E-state index contributed by atoms with van der Waals surface area (Å²) >= 11 is 0. The fourth-order valence-corrected chi connectivity index (χ4v) is 2.97. The Hall–Kier alpha value is -0.120. The van der Waals surface area contributed by atoms with Crippen molar-refractivity contribution in [2.75, 3.05) is 20.3 Å². The van der Waals surface area contributed by atoms with E-state index in [0.29, 0.717) is 18.1 Å². The van der Waals surface area contributed by atoms with Gasteiger partial charge in [-0.25, -0.2) is 0 Å². The summed E-state index contributed by atoms with van der Waals surface area (Å²) in [4.78, 5) is 2.52. The van der Waals surface area contributed by atoms with E-state index in [2.05, 4.69) is 25.7 Å². The monoisotopic (exact) mass is 228 g/mol. The van der Waals surface area contributed by atoms with Gasteiger partial charge in [-0.3, -0.25) is 4.90 Å². The van der Waals surface area contributed by atoms with Gasteiger partial charge in [-0.1, -0.05) is 13.8 Å². The molecule has 1 aliphatic carbocycles.